The quantitative estimate of drug-likeness (QED) is 0.800. The van der Waals surface area contributed by atoms with Crippen molar-refractivity contribution in [3.63, 3.8) is 0 Å². The minimum absolute atomic E-state index is 0.685. The minimum atomic E-state index is 0.685. The maximum atomic E-state index is 4.50. The van der Waals surface area contributed by atoms with Crippen LogP contribution in [0.15, 0.2) is 6.20 Å². The number of nitrogens with one attached hydrogen (secondary N) is 1. The molecule has 1 saturated carbocycles. The molecule has 0 atom stereocenters. The Morgan fingerprint density at radius 3 is 2.86 bits per heavy atom. The van der Waals surface area contributed by atoms with Crippen LogP contribution in [0.1, 0.15) is 44.3 Å². The maximum Gasteiger partial charge on any atom is 0.203 e. The largest absolute Gasteiger partial charge is 0.356 e. The molecule has 14 heavy (non-hydrogen) atoms. The summed E-state index contributed by atoms with van der Waals surface area (Å²) in [7, 11) is 0. The zero-order valence-corrected chi connectivity index (χ0v) is 9.08. The molecule has 0 saturated heterocycles. The van der Waals surface area contributed by atoms with E-state index in [4.69, 9.17) is 0 Å². The lowest BCUT2D eigenvalue weighted by Crippen LogP contribution is -2.10. The Balaban J connectivity index is 2.21. The third-order valence-electron chi connectivity index (χ3n) is 2.91. The van der Waals surface area contributed by atoms with Crippen LogP contribution in [0, 0.1) is 6.92 Å². The van der Waals surface area contributed by atoms with E-state index in [2.05, 4.69) is 34.9 Å². The fraction of sp³-hybridized carbons (Fsp3) is 0.727. The van der Waals surface area contributed by atoms with E-state index in [-0.39, 0.29) is 0 Å². The van der Waals surface area contributed by atoms with E-state index >= 15 is 0 Å². The van der Waals surface area contributed by atoms with Gasteiger partial charge in [0.05, 0.1) is 5.69 Å². The Morgan fingerprint density at radius 1 is 1.50 bits per heavy atom. The molecular formula is C11H19N3. The predicted octanol–water partition coefficient (Wildman–Crippen LogP) is 2.74. The molecule has 0 bridgehead atoms. The van der Waals surface area contributed by atoms with Gasteiger partial charge in [0.25, 0.3) is 0 Å². The van der Waals surface area contributed by atoms with Gasteiger partial charge in [0, 0.05) is 18.8 Å². The average Bonchev–Trinajstić information content (AvgIpc) is 2.74. The molecule has 1 fully saturated rings. The summed E-state index contributed by atoms with van der Waals surface area (Å²) in [6.07, 6.45) is 7.54. The Bertz CT molecular complexity index is 297. The first-order valence-corrected chi connectivity index (χ1v) is 5.60. The first kappa shape index (κ1) is 9.56. The monoisotopic (exact) mass is 193 g/mol. The highest BCUT2D eigenvalue weighted by Gasteiger charge is 2.19. The lowest BCUT2D eigenvalue weighted by atomic mass is 10.2. The molecule has 78 valence electrons. The summed E-state index contributed by atoms with van der Waals surface area (Å²) >= 11 is 0. The van der Waals surface area contributed by atoms with Crippen LogP contribution in [0.4, 0.5) is 5.95 Å². The highest BCUT2D eigenvalue weighted by Crippen LogP contribution is 2.31. The molecule has 1 aliphatic carbocycles. The van der Waals surface area contributed by atoms with Crippen LogP contribution in [0.25, 0.3) is 0 Å². The van der Waals surface area contributed by atoms with Gasteiger partial charge < -0.3 is 9.88 Å². The standard InChI is InChI=1S/C11H19N3/c1-3-12-11-13-9(2)8-14(11)10-6-4-5-7-10/h8,10H,3-7H2,1-2H3,(H,12,13). The maximum absolute atomic E-state index is 4.50. The van der Waals surface area contributed by atoms with E-state index in [1.807, 2.05) is 0 Å². The van der Waals surface area contributed by atoms with E-state index < -0.39 is 0 Å². The molecule has 0 amide bonds. The second kappa shape index (κ2) is 4.03. The smallest absolute Gasteiger partial charge is 0.203 e. The summed E-state index contributed by atoms with van der Waals surface area (Å²) in [6.45, 7) is 5.12. The van der Waals surface area contributed by atoms with Crippen molar-refractivity contribution < 1.29 is 0 Å². The lowest BCUT2D eigenvalue weighted by Gasteiger charge is -2.14. The average molecular weight is 193 g/mol. The van der Waals surface area contributed by atoms with E-state index in [1.165, 1.54) is 25.7 Å². The predicted molar refractivity (Wildman–Crippen MR) is 58.6 cm³/mol. The number of aromatic nitrogens is 2. The number of imidazole rings is 1. The first-order chi connectivity index (χ1) is 6.81. The van der Waals surface area contributed by atoms with E-state index in [1.54, 1.807) is 0 Å². The zero-order valence-electron chi connectivity index (χ0n) is 9.08. The van der Waals surface area contributed by atoms with Crippen molar-refractivity contribution in [3.8, 4) is 0 Å². The molecule has 0 radical (unpaired) electrons. The molecule has 1 N–H and O–H groups in total. The Kier molecular flexibility index (Phi) is 2.75. The Labute approximate surface area is 85.5 Å². The summed E-state index contributed by atoms with van der Waals surface area (Å²) in [5.41, 5.74) is 1.12. The van der Waals surface area contributed by atoms with Crippen molar-refractivity contribution in [2.24, 2.45) is 0 Å². The van der Waals surface area contributed by atoms with E-state index in [9.17, 15) is 0 Å². The summed E-state index contributed by atoms with van der Waals surface area (Å²) in [5, 5.41) is 3.33. The number of anilines is 1. The van der Waals surface area contributed by atoms with Crippen LogP contribution in [-0.4, -0.2) is 16.1 Å². The topological polar surface area (TPSA) is 29.9 Å². The molecule has 0 spiro atoms. The van der Waals surface area contributed by atoms with Crippen molar-refractivity contribution >= 4 is 5.95 Å². The molecule has 0 aromatic carbocycles. The Morgan fingerprint density at radius 2 is 2.21 bits per heavy atom. The van der Waals surface area contributed by atoms with Gasteiger partial charge in [0.15, 0.2) is 0 Å². The van der Waals surface area contributed by atoms with Crippen LogP contribution in [0.5, 0.6) is 0 Å². The normalized spacial score (nSPS) is 17.6. The summed E-state index contributed by atoms with van der Waals surface area (Å²) in [4.78, 5) is 4.50. The van der Waals surface area contributed by atoms with Crippen molar-refractivity contribution in [1.82, 2.24) is 9.55 Å². The van der Waals surface area contributed by atoms with Crippen LogP contribution in [0.3, 0.4) is 0 Å². The number of hydrogen-bond donors (Lipinski definition) is 1. The molecule has 2 rings (SSSR count). The third-order valence-corrected chi connectivity index (χ3v) is 2.91. The van der Waals surface area contributed by atoms with Crippen molar-refractivity contribution in [2.45, 2.75) is 45.6 Å². The fourth-order valence-electron chi connectivity index (χ4n) is 2.27. The summed E-state index contributed by atoms with van der Waals surface area (Å²) < 4.78 is 2.33. The van der Waals surface area contributed by atoms with Crippen molar-refractivity contribution in [3.05, 3.63) is 11.9 Å². The molecule has 0 aliphatic heterocycles. The number of hydrogen-bond acceptors (Lipinski definition) is 2. The summed E-state index contributed by atoms with van der Waals surface area (Å²) in [6, 6.07) is 0.685. The van der Waals surface area contributed by atoms with Crippen LogP contribution in [0.2, 0.25) is 0 Å². The molecule has 0 unspecified atom stereocenters. The van der Waals surface area contributed by atoms with Gasteiger partial charge in [-0.15, -0.1) is 0 Å². The van der Waals surface area contributed by atoms with Crippen LogP contribution >= 0.6 is 0 Å². The number of aryl methyl sites for hydroxylation is 1. The van der Waals surface area contributed by atoms with Gasteiger partial charge in [-0.05, 0) is 26.7 Å². The van der Waals surface area contributed by atoms with Crippen molar-refractivity contribution in [2.75, 3.05) is 11.9 Å². The molecule has 3 nitrogen and oxygen atoms in total. The van der Waals surface area contributed by atoms with E-state index in [0.29, 0.717) is 6.04 Å². The molecule has 1 aliphatic rings. The lowest BCUT2D eigenvalue weighted by molar-refractivity contribution is 0.523. The van der Waals surface area contributed by atoms with E-state index in [0.717, 1.165) is 18.2 Å². The van der Waals surface area contributed by atoms with Crippen LogP contribution in [-0.2, 0) is 0 Å². The van der Waals surface area contributed by atoms with Gasteiger partial charge in [-0.25, -0.2) is 4.98 Å². The molecule has 3 heteroatoms. The van der Waals surface area contributed by atoms with Gasteiger partial charge in [0.2, 0.25) is 5.95 Å². The van der Waals surface area contributed by atoms with Gasteiger partial charge in [-0.3, -0.25) is 0 Å². The molecule has 1 heterocycles. The highest BCUT2D eigenvalue weighted by molar-refractivity contribution is 5.29. The number of rotatable bonds is 3. The van der Waals surface area contributed by atoms with Gasteiger partial charge >= 0.3 is 0 Å². The molecule has 1 aromatic rings. The van der Waals surface area contributed by atoms with Gasteiger partial charge in [0.1, 0.15) is 0 Å². The van der Waals surface area contributed by atoms with Gasteiger partial charge in [-0.1, -0.05) is 12.8 Å². The van der Waals surface area contributed by atoms with Crippen LogP contribution < -0.4 is 5.32 Å². The Hall–Kier alpha value is -0.990. The second-order valence-electron chi connectivity index (χ2n) is 4.08. The SMILES string of the molecule is CCNc1nc(C)cn1C1CCCC1. The fourth-order valence-corrected chi connectivity index (χ4v) is 2.27. The molecule has 1 aromatic heterocycles. The minimum Gasteiger partial charge on any atom is -0.356 e. The van der Waals surface area contributed by atoms with Gasteiger partial charge in [-0.2, -0.15) is 0 Å². The zero-order chi connectivity index (χ0) is 9.97. The summed E-state index contributed by atoms with van der Waals surface area (Å²) in [5.74, 6) is 1.05. The first-order valence-electron chi connectivity index (χ1n) is 5.60. The molecular weight excluding hydrogens is 174 g/mol. The second-order valence-corrected chi connectivity index (χ2v) is 4.08. The van der Waals surface area contributed by atoms with Crippen molar-refractivity contribution in [1.29, 1.82) is 0 Å². The number of nitrogens with zero attached hydrogens (tertiary/aromatic N) is 2. The third kappa shape index (κ3) is 1.76. The highest BCUT2D eigenvalue weighted by atomic mass is 15.2.